The smallest absolute Gasteiger partial charge is 0.426 e. The molecule has 0 radical (unpaired) electrons. The largest absolute Gasteiger partial charge is 0.429 e. The predicted octanol–water partition coefficient (Wildman–Crippen LogP) is 7.50. The van der Waals surface area contributed by atoms with E-state index in [2.05, 4.69) is 4.74 Å². The van der Waals surface area contributed by atoms with Crippen LogP contribution in [0.3, 0.4) is 0 Å². The molecular formula is C26H22F6O3. The first-order valence-corrected chi connectivity index (χ1v) is 11.0. The van der Waals surface area contributed by atoms with Crippen LogP contribution in [0, 0.1) is 29.2 Å². The van der Waals surface area contributed by atoms with E-state index in [1.54, 1.807) is 0 Å². The average molecular weight is 496 g/mol. The maximum Gasteiger partial charge on any atom is 0.426 e. The molecule has 1 aliphatic rings. The minimum Gasteiger partial charge on any atom is -0.429 e. The fourth-order valence-corrected chi connectivity index (χ4v) is 3.86. The van der Waals surface area contributed by atoms with Gasteiger partial charge in [0.2, 0.25) is 0 Å². The molecule has 1 saturated heterocycles. The third-order valence-corrected chi connectivity index (χ3v) is 5.70. The molecule has 0 spiro atoms. The van der Waals surface area contributed by atoms with Crippen LogP contribution in [0.2, 0.25) is 0 Å². The molecule has 9 heteroatoms. The van der Waals surface area contributed by atoms with E-state index < -0.39 is 47.0 Å². The second kappa shape index (κ2) is 10.3. The highest BCUT2D eigenvalue weighted by Crippen LogP contribution is 2.36. The molecule has 1 heterocycles. The third kappa shape index (κ3) is 5.46. The molecule has 3 aromatic carbocycles. The van der Waals surface area contributed by atoms with Crippen molar-refractivity contribution in [1.82, 2.24) is 0 Å². The molecule has 0 unspecified atom stereocenters. The highest BCUT2D eigenvalue weighted by atomic mass is 19.3. The first-order valence-electron chi connectivity index (χ1n) is 11.0. The second-order valence-corrected chi connectivity index (χ2v) is 8.26. The summed E-state index contributed by atoms with van der Waals surface area (Å²) in [6, 6.07) is 9.00. The van der Waals surface area contributed by atoms with E-state index in [9.17, 15) is 26.3 Å². The summed E-state index contributed by atoms with van der Waals surface area (Å²) in [4.78, 5) is 0. The molecule has 1 fully saturated rings. The van der Waals surface area contributed by atoms with Crippen LogP contribution in [0.15, 0.2) is 54.6 Å². The topological polar surface area (TPSA) is 27.7 Å². The molecule has 3 nitrogen and oxygen atoms in total. The van der Waals surface area contributed by atoms with Crippen molar-refractivity contribution in [1.29, 1.82) is 0 Å². The van der Waals surface area contributed by atoms with Gasteiger partial charge in [0, 0.05) is 23.1 Å². The van der Waals surface area contributed by atoms with E-state index in [0.29, 0.717) is 25.3 Å². The van der Waals surface area contributed by atoms with Gasteiger partial charge in [0.05, 0.1) is 18.8 Å². The van der Waals surface area contributed by atoms with Crippen LogP contribution >= 0.6 is 0 Å². The van der Waals surface area contributed by atoms with Gasteiger partial charge in [-0.1, -0.05) is 37.6 Å². The summed E-state index contributed by atoms with van der Waals surface area (Å²) in [5.41, 5.74) is -0.686. The molecule has 35 heavy (non-hydrogen) atoms. The van der Waals surface area contributed by atoms with Crippen LogP contribution in [0.5, 0.6) is 5.75 Å². The predicted molar refractivity (Wildman–Crippen MR) is 116 cm³/mol. The maximum absolute atomic E-state index is 14.9. The Bertz CT molecular complexity index is 1170. The Labute approximate surface area is 198 Å². The van der Waals surface area contributed by atoms with Crippen LogP contribution in [0.1, 0.15) is 37.2 Å². The zero-order valence-corrected chi connectivity index (χ0v) is 18.7. The van der Waals surface area contributed by atoms with Crippen molar-refractivity contribution in [3.63, 3.8) is 0 Å². The Morgan fingerprint density at radius 2 is 1.54 bits per heavy atom. The van der Waals surface area contributed by atoms with Gasteiger partial charge in [0.25, 0.3) is 0 Å². The van der Waals surface area contributed by atoms with Crippen LogP contribution in [0.4, 0.5) is 26.3 Å². The maximum atomic E-state index is 14.9. The van der Waals surface area contributed by atoms with E-state index in [0.717, 1.165) is 31.0 Å². The van der Waals surface area contributed by atoms with Crippen LogP contribution in [-0.4, -0.2) is 13.2 Å². The average Bonchev–Trinajstić information content (AvgIpc) is 2.84. The third-order valence-electron chi connectivity index (χ3n) is 5.70. The zero-order valence-electron chi connectivity index (χ0n) is 18.7. The molecule has 0 aliphatic carbocycles. The van der Waals surface area contributed by atoms with E-state index >= 15 is 0 Å². The van der Waals surface area contributed by atoms with Gasteiger partial charge in [-0.2, -0.15) is 8.78 Å². The minimum atomic E-state index is -3.89. The summed E-state index contributed by atoms with van der Waals surface area (Å²) >= 11 is 0. The summed E-state index contributed by atoms with van der Waals surface area (Å²) in [6.45, 7) is 2.79. The number of hydrogen-bond acceptors (Lipinski definition) is 3. The van der Waals surface area contributed by atoms with Gasteiger partial charge in [-0.3, -0.25) is 0 Å². The van der Waals surface area contributed by atoms with Crippen molar-refractivity contribution in [2.45, 2.75) is 32.2 Å². The Balaban J connectivity index is 1.51. The molecule has 0 saturated carbocycles. The highest BCUT2D eigenvalue weighted by molar-refractivity contribution is 5.65. The van der Waals surface area contributed by atoms with Crippen molar-refractivity contribution >= 4 is 0 Å². The van der Waals surface area contributed by atoms with Gasteiger partial charge < -0.3 is 14.2 Å². The Kier molecular flexibility index (Phi) is 7.37. The molecule has 0 aromatic heterocycles. The highest BCUT2D eigenvalue weighted by Gasteiger charge is 2.35. The summed E-state index contributed by atoms with van der Waals surface area (Å²) in [6.07, 6.45) is -3.05. The first-order chi connectivity index (χ1) is 16.7. The SMILES string of the molecule is CCCC1COC(c2ccc(-c3ccc(C(F)(F)Oc4ccc(F)c(F)c4)cc3)c(F)c2F)OC1. The molecule has 186 valence electrons. The molecule has 0 atom stereocenters. The number of rotatable bonds is 7. The Morgan fingerprint density at radius 1 is 0.857 bits per heavy atom. The van der Waals surface area contributed by atoms with E-state index in [1.807, 2.05) is 6.92 Å². The van der Waals surface area contributed by atoms with E-state index in [4.69, 9.17) is 9.47 Å². The molecule has 0 bridgehead atoms. The van der Waals surface area contributed by atoms with E-state index in [1.165, 1.54) is 24.3 Å². The van der Waals surface area contributed by atoms with Crippen LogP contribution in [-0.2, 0) is 15.6 Å². The minimum absolute atomic E-state index is 0.0794. The summed E-state index contributed by atoms with van der Waals surface area (Å²) in [7, 11) is 0. The Hall–Kier alpha value is -3.04. The van der Waals surface area contributed by atoms with Crippen molar-refractivity contribution < 1.29 is 40.6 Å². The number of benzene rings is 3. The molecule has 1 aliphatic heterocycles. The standard InChI is InChI=1S/C26H22F6O3/c1-2-3-15-13-33-25(34-14-15)20-10-9-19(23(29)24(20)30)16-4-6-17(7-5-16)26(31,32)35-18-8-11-21(27)22(28)12-18/h4-12,15,25H,2-3,13-14H2,1H3. The fourth-order valence-electron chi connectivity index (χ4n) is 3.86. The lowest BCUT2D eigenvalue weighted by Gasteiger charge is -2.29. The molecule has 3 aromatic rings. The lowest BCUT2D eigenvalue weighted by atomic mass is 10.00. The van der Waals surface area contributed by atoms with Crippen molar-refractivity contribution in [3.05, 3.63) is 89.0 Å². The normalized spacial score (nSPS) is 18.5. The molecule has 4 rings (SSSR count). The van der Waals surface area contributed by atoms with Gasteiger partial charge in [-0.15, -0.1) is 0 Å². The lowest BCUT2D eigenvalue weighted by Crippen LogP contribution is -2.27. The fraction of sp³-hybridized carbons (Fsp3) is 0.308. The van der Waals surface area contributed by atoms with Gasteiger partial charge in [0.15, 0.2) is 29.6 Å². The summed E-state index contributed by atoms with van der Waals surface area (Å²) < 4.78 is 101. The van der Waals surface area contributed by atoms with Crippen LogP contribution in [0.25, 0.3) is 11.1 Å². The molecular weight excluding hydrogens is 474 g/mol. The van der Waals surface area contributed by atoms with Crippen molar-refractivity contribution in [3.8, 4) is 16.9 Å². The molecule has 0 N–H and O–H groups in total. The Morgan fingerprint density at radius 3 is 2.17 bits per heavy atom. The number of ether oxygens (including phenoxy) is 3. The quantitative estimate of drug-likeness (QED) is 0.317. The first kappa shape index (κ1) is 25.1. The summed E-state index contributed by atoms with van der Waals surface area (Å²) in [5, 5.41) is 0. The second-order valence-electron chi connectivity index (χ2n) is 8.26. The van der Waals surface area contributed by atoms with Crippen LogP contribution < -0.4 is 4.74 Å². The zero-order chi connectivity index (χ0) is 25.2. The van der Waals surface area contributed by atoms with Gasteiger partial charge in [0.1, 0.15) is 5.75 Å². The van der Waals surface area contributed by atoms with Gasteiger partial charge in [-0.25, -0.2) is 17.6 Å². The molecule has 0 amide bonds. The van der Waals surface area contributed by atoms with E-state index in [-0.39, 0.29) is 22.6 Å². The van der Waals surface area contributed by atoms with Gasteiger partial charge in [-0.05, 0) is 36.2 Å². The number of hydrogen-bond donors (Lipinski definition) is 0. The monoisotopic (exact) mass is 496 g/mol. The number of alkyl halides is 2. The van der Waals surface area contributed by atoms with Crippen molar-refractivity contribution in [2.75, 3.05) is 13.2 Å². The lowest BCUT2D eigenvalue weighted by molar-refractivity contribution is -0.207. The van der Waals surface area contributed by atoms with Crippen molar-refractivity contribution in [2.24, 2.45) is 5.92 Å². The summed E-state index contributed by atoms with van der Waals surface area (Å²) in [5.74, 6) is -5.21. The van der Waals surface area contributed by atoms with Gasteiger partial charge >= 0.3 is 6.11 Å². The number of halogens is 6.